The van der Waals surface area contributed by atoms with Crippen molar-refractivity contribution in [3.63, 3.8) is 0 Å². The third kappa shape index (κ3) is 7.15. The summed E-state index contributed by atoms with van der Waals surface area (Å²) in [4.78, 5) is 38.6. The van der Waals surface area contributed by atoms with Crippen molar-refractivity contribution in [1.29, 1.82) is 0 Å². The van der Waals surface area contributed by atoms with Crippen molar-refractivity contribution < 1.29 is 14.4 Å². The van der Waals surface area contributed by atoms with Gasteiger partial charge in [-0.25, -0.2) is 0 Å². The van der Waals surface area contributed by atoms with Crippen LogP contribution in [0.15, 0.2) is 115 Å². The van der Waals surface area contributed by atoms with Crippen molar-refractivity contribution in [1.82, 2.24) is 5.32 Å². The van der Waals surface area contributed by atoms with Gasteiger partial charge in [0.25, 0.3) is 11.8 Å². The molecule has 2 amide bonds. The molecule has 0 unspecified atom stereocenters. The molecule has 6 heteroatoms. The molecule has 188 valence electrons. The van der Waals surface area contributed by atoms with Gasteiger partial charge in [0.05, 0.1) is 0 Å². The zero-order chi connectivity index (χ0) is 26.9. The minimum atomic E-state index is -0.487. The van der Waals surface area contributed by atoms with Crippen LogP contribution in [0.25, 0.3) is 12.2 Å². The van der Waals surface area contributed by atoms with Gasteiger partial charge in [-0.15, -0.1) is 0 Å². The number of carbonyl (C=O) groups excluding carboxylic acids is 3. The van der Waals surface area contributed by atoms with E-state index < -0.39 is 11.8 Å². The molecule has 0 aliphatic rings. The molecule has 0 aliphatic carbocycles. The maximum absolute atomic E-state index is 13.2. The number of hydrogen-bond donors (Lipinski definition) is 2. The highest BCUT2D eigenvalue weighted by Crippen LogP contribution is 2.16. The van der Waals surface area contributed by atoms with Crippen molar-refractivity contribution in [2.75, 3.05) is 5.32 Å². The van der Waals surface area contributed by atoms with Gasteiger partial charge in [0.15, 0.2) is 5.78 Å². The van der Waals surface area contributed by atoms with Gasteiger partial charge in [-0.1, -0.05) is 72.3 Å². The standard InChI is InChI=1S/C32H25ClN2O3/c1-22-7-5-6-10-26(22)21-29(35-31(37)25-8-3-2-4-9-25)32(38)34-28-18-14-24(15-19-28)30(36)20-13-23-11-16-27(33)17-12-23/h2-21H,1H3,(H,34,38)(H,35,37)/b20-13+,29-21-. The van der Waals surface area contributed by atoms with Crippen LogP contribution >= 0.6 is 11.6 Å². The fourth-order valence-electron chi connectivity index (χ4n) is 3.60. The molecule has 0 bridgehead atoms. The Bertz CT molecular complexity index is 1510. The first-order valence-electron chi connectivity index (χ1n) is 11.9. The first-order chi connectivity index (χ1) is 18.4. The van der Waals surface area contributed by atoms with E-state index in [1.54, 1.807) is 72.8 Å². The highest BCUT2D eigenvalue weighted by atomic mass is 35.5. The number of nitrogens with one attached hydrogen (secondary N) is 2. The van der Waals surface area contributed by atoms with Gasteiger partial charge < -0.3 is 10.6 Å². The van der Waals surface area contributed by atoms with Gasteiger partial charge in [0.2, 0.25) is 0 Å². The van der Waals surface area contributed by atoms with Gasteiger partial charge in [0, 0.05) is 21.8 Å². The maximum atomic E-state index is 13.2. The molecule has 0 aliphatic heterocycles. The van der Waals surface area contributed by atoms with Crippen molar-refractivity contribution in [3.8, 4) is 0 Å². The second kappa shape index (κ2) is 12.5. The van der Waals surface area contributed by atoms with E-state index in [9.17, 15) is 14.4 Å². The van der Waals surface area contributed by atoms with Crippen LogP contribution in [-0.2, 0) is 4.79 Å². The Hall–Kier alpha value is -4.74. The second-order valence-electron chi connectivity index (χ2n) is 8.52. The fraction of sp³-hybridized carbons (Fsp3) is 0.0312. The molecular formula is C32H25ClN2O3. The summed E-state index contributed by atoms with van der Waals surface area (Å²) in [5.41, 5.74) is 4.11. The molecule has 0 atom stereocenters. The number of halogens is 1. The van der Waals surface area contributed by atoms with Crippen LogP contribution < -0.4 is 10.6 Å². The van der Waals surface area contributed by atoms with Crippen LogP contribution in [0.5, 0.6) is 0 Å². The van der Waals surface area contributed by atoms with Crippen LogP contribution in [0.1, 0.15) is 37.4 Å². The van der Waals surface area contributed by atoms with Crippen LogP contribution in [-0.4, -0.2) is 17.6 Å². The lowest BCUT2D eigenvalue weighted by atomic mass is 10.1. The number of benzene rings is 4. The molecule has 38 heavy (non-hydrogen) atoms. The molecule has 0 saturated heterocycles. The molecule has 4 aromatic rings. The Morgan fingerprint density at radius 2 is 1.39 bits per heavy atom. The van der Waals surface area contributed by atoms with Gasteiger partial charge in [-0.2, -0.15) is 0 Å². The second-order valence-corrected chi connectivity index (χ2v) is 8.95. The number of ketones is 1. The fourth-order valence-corrected chi connectivity index (χ4v) is 3.73. The number of allylic oxidation sites excluding steroid dienone is 1. The van der Waals surface area contributed by atoms with E-state index in [0.29, 0.717) is 21.8 Å². The minimum absolute atomic E-state index is 0.0965. The van der Waals surface area contributed by atoms with Gasteiger partial charge >= 0.3 is 0 Å². The monoisotopic (exact) mass is 520 g/mol. The van der Waals surface area contributed by atoms with E-state index in [0.717, 1.165) is 16.7 Å². The van der Waals surface area contributed by atoms with Crippen molar-refractivity contribution in [3.05, 3.63) is 148 Å². The minimum Gasteiger partial charge on any atom is -0.321 e. The number of amides is 2. The lowest BCUT2D eigenvalue weighted by Gasteiger charge is -2.12. The summed E-state index contributed by atoms with van der Waals surface area (Å²) in [7, 11) is 0. The van der Waals surface area contributed by atoms with E-state index in [-0.39, 0.29) is 11.5 Å². The largest absolute Gasteiger partial charge is 0.321 e. The van der Waals surface area contributed by atoms with Crippen molar-refractivity contribution in [2.45, 2.75) is 6.92 Å². The zero-order valence-electron chi connectivity index (χ0n) is 20.6. The predicted octanol–water partition coefficient (Wildman–Crippen LogP) is 6.95. The van der Waals surface area contributed by atoms with E-state index >= 15 is 0 Å². The molecule has 4 rings (SSSR count). The van der Waals surface area contributed by atoms with Gasteiger partial charge in [-0.05, 0) is 84.3 Å². The topological polar surface area (TPSA) is 75.3 Å². The van der Waals surface area contributed by atoms with Crippen LogP contribution in [0.3, 0.4) is 0 Å². The van der Waals surface area contributed by atoms with Gasteiger partial charge in [0.1, 0.15) is 5.70 Å². The quantitative estimate of drug-likeness (QED) is 0.195. The lowest BCUT2D eigenvalue weighted by molar-refractivity contribution is -0.113. The summed E-state index contributed by atoms with van der Waals surface area (Å²) >= 11 is 5.90. The molecule has 0 aromatic heterocycles. The molecule has 5 nitrogen and oxygen atoms in total. The van der Waals surface area contributed by atoms with Crippen molar-refractivity contribution >= 4 is 47.0 Å². The first-order valence-corrected chi connectivity index (χ1v) is 12.3. The molecule has 0 fully saturated rings. The van der Waals surface area contributed by atoms with Crippen LogP contribution in [0.2, 0.25) is 5.02 Å². The summed E-state index contributed by atoms with van der Waals surface area (Å²) in [5, 5.41) is 6.16. The number of hydrogen-bond acceptors (Lipinski definition) is 3. The number of carbonyl (C=O) groups is 3. The average molecular weight is 521 g/mol. The molecule has 0 radical (unpaired) electrons. The summed E-state index contributed by atoms with van der Waals surface area (Å²) in [6.45, 7) is 1.93. The molecule has 0 spiro atoms. The SMILES string of the molecule is Cc1ccccc1/C=C(\NC(=O)c1ccccc1)C(=O)Nc1ccc(C(=O)/C=C/c2ccc(Cl)cc2)cc1. The van der Waals surface area contributed by atoms with E-state index in [4.69, 9.17) is 11.6 Å². The van der Waals surface area contributed by atoms with Crippen LogP contribution in [0.4, 0.5) is 5.69 Å². The Morgan fingerprint density at radius 3 is 2.08 bits per heavy atom. The molecule has 0 saturated carbocycles. The van der Waals surface area contributed by atoms with E-state index in [1.165, 1.54) is 6.08 Å². The normalized spacial score (nSPS) is 11.3. The van der Waals surface area contributed by atoms with Crippen molar-refractivity contribution in [2.24, 2.45) is 0 Å². The summed E-state index contributed by atoms with van der Waals surface area (Å²) in [6, 6.07) is 30.0. The smallest absolute Gasteiger partial charge is 0.272 e. The highest BCUT2D eigenvalue weighted by Gasteiger charge is 2.16. The van der Waals surface area contributed by atoms with Gasteiger partial charge in [-0.3, -0.25) is 14.4 Å². The average Bonchev–Trinajstić information content (AvgIpc) is 2.94. The lowest BCUT2D eigenvalue weighted by Crippen LogP contribution is -2.30. The summed E-state index contributed by atoms with van der Waals surface area (Å²) in [5.74, 6) is -1.05. The highest BCUT2D eigenvalue weighted by molar-refractivity contribution is 6.30. The van der Waals surface area contributed by atoms with E-state index in [1.807, 2.05) is 49.4 Å². The summed E-state index contributed by atoms with van der Waals surface area (Å²) in [6.07, 6.45) is 4.84. The predicted molar refractivity (Wildman–Crippen MR) is 153 cm³/mol. The third-order valence-corrected chi connectivity index (χ3v) is 5.99. The Morgan fingerprint density at radius 1 is 0.737 bits per heavy atom. The first kappa shape index (κ1) is 26.3. The number of aryl methyl sites for hydroxylation is 1. The third-order valence-electron chi connectivity index (χ3n) is 5.74. The van der Waals surface area contributed by atoms with E-state index in [2.05, 4.69) is 10.6 Å². The van der Waals surface area contributed by atoms with Crippen LogP contribution in [0, 0.1) is 6.92 Å². The maximum Gasteiger partial charge on any atom is 0.272 e. The Kier molecular flexibility index (Phi) is 8.65. The number of anilines is 1. The Labute approximate surface area is 226 Å². The zero-order valence-corrected chi connectivity index (χ0v) is 21.4. The number of rotatable bonds is 8. The Balaban J connectivity index is 1.49. The molecule has 2 N–H and O–H groups in total. The molecule has 0 heterocycles. The molecule has 4 aromatic carbocycles. The summed E-state index contributed by atoms with van der Waals surface area (Å²) < 4.78 is 0. The molecular weight excluding hydrogens is 496 g/mol.